The van der Waals surface area contributed by atoms with Gasteiger partial charge in [-0.3, -0.25) is 9.59 Å². The number of carbonyl (C=O) groups excluding carboxylic acids is 3. The zero-order chi connectivity index (χ0) is 25.2. The fourth-order valence-electron chi connectivity index (χ4n) is 3.09. The third kappa shape index (κ3) is 6.73. The molecule has 0 unspecified atom stereocenters. The van der Waals surface area contributed by atoms with E-state index in [1.165, 1.54) is 39.5 Å². The molecule has 0 aliphatic heterocycles. The van der Waals surface area contributed by atoms with Gasteiger partial charge in [-0.2, -0.15) is 0 Å². The normalized spacial score (nSPS) is 10.1. The molecule has 0 heterocycles. The second-order valence-corrected chi connectivity index (χ2v) is 7.13. The molecule has 0 spiro atoms. The summed E-state index contributed by atoms with van der Waals surface area (Å²) in [6, 6.07) is 17.9. The van der Waals surface area contributed by atoms with E-state index < -0.39 is 18.5 Å². The van der Waals surface area contributed by atoms with Crippen LogP contribution >= 0.6 is 0 Å². The van der Waals surface area contributed by atoms with Crippen molar-refractivity contribution < 1.29 is 38.1 Å². The lowest BCUT2D eigenvalue weighted by Crippen LogP contribution is -2.20. The molecule has 182 valence electrons. The Labute approximate surface area is 202 Å². The molecule has 1 amide bonds. The van der Waals surface area contributed by atoms with Crippen molar-refractivity contribution in [2.75, 3.05) is 39.9 Å². The van der Waals surface area contributed by atoms with E-state index in [2.05, 4.69) is 5.32 Å². The van der Waals surface area contributed by atoms with E-state index in [1.54, 1.807) is 48.5 Å². The molecule has 0 saturated heterocycles. The number of anilines is 1. The van der Waals surface area contributed by atoms with Crippen LogP contribution in [0.2, 0.25) is 0 Å². The minimum Gasteiger partial charge on any atom is -0.497 e. The number of amides is 1. The van der Waals surface area contributed by atoms with Gasteiger partial charge < -0.3 is 29.0 Å². The summed E-state index contributed by atoms with van der Waals surface area (Å²) in [7, 11) is 4.41. The summed E-state index contributed by atoms with van der Waals surface area (Å²) in [5, 5.41) is 2.70. The Morgan fingerprint density at radius 1 is 0.714 bits per heavy atom. The number of ketones is 1. The quantitative estimate of drug-likeness (QED) is 0.327. The maximum atomic E-state index is 12.4. The van der Waals surface area contributed by atoms with Gasteiger partial charge in [-0.1, -0.05) is 24.3 Å². The van der Waals surface area contributed by atoms with Crippen LogP contribution in [0.4, 0.5) is 5.69 Å². The van der Waals surface area contributed by atoms with Crippen molar-refractivity contribution in [3.63, 3.8) is 0 Å². The summed E-state index contributed by atoms with van der Waals surface area (Å²) in [6.45, 7) is -0.733. The molecule has 3 rings (SSSR count). The van der Waals surface area contributed by atoms with Crippen molar-refractivity contribution in [1.29, 1.82) is 0 Å². The standard InChI is InChI=1S/C26H25NO8/c1-31-19-8-6-7-17(13-19)21(28)15-35-26(30)18-11-12-23(24(14-18)33-3)34-16-25(29)27-20-9-4-5-10-22(20)32-2/h4-14H,15-16H2,1-3H3,(H,27,29). The van der Waals surface area contributed by atoms with E-state index in [9.17, 15) is 14.4 Å². The van der Waals surface area contributed by atoms with Crippen LogP contribution in [0.15, 0.2) is 66.7 Å². The fourth-order valence-corrected chi connectivity index (χ4v) is 3.09. The first kappa shape index (κ1) is 25.1. The lowest BCUT2D eigenvalue weighted by Gasteiger charge is -2.13. The maximum Gasteiger partial charge on any atom is 0.338 e. The fraction of sp³-hybridized carbons (Fsp3) is 0.192. The van der Waals surface area contributed by atoms with Gasteiger partial charge in [0.25, 0.3) is 5.91 Å². The zero-order valence-corrected chi connectivity index (χ0v) is 19.5. The van der Waals surface area contributed by atoms with Gasteiger partial charge in [-0.25, -0.2) is 4.79 Å². The number of Topliss-reactive ketones (excluding diaryl/α,β-unsaturated/α-hetero) is 1. The highest BCUT2D eigenvalue weighted by Crippen LogP contribution is 2.29. The number of methoxy groups -OCH3 is 3. The molecule has 0 bridgehead atoms. The van der Waals surface area contributed by atoms with Crippen LogP contribution in [0.1, 0.15) is 20.7 Å². The average molecular weight is 479 g/mol. The Morgan fingerprint density at radius 3 is 2.23 bits per heavy atom. The van der Waals surface area contributed by atoms with Crippen LogP contribution in [0, 0.1) is 0 Å². The molecule has 9 heteroatoms. The van der Waals surface area contributed by atoms with Gasteiger partial charge in [-0.05, 0) is 42.5 Å². The molecular weight excluding hydrogens is 454 g/mol. The number of ether oxygens (including phenoxy) is 5. The Bertz CT molecular complexity index is 1210. The molecule has 0 aromatic heterocycles. The molecule has 0 aliphatic carbocycles. The molecule has 0 atom stereocenters. The highest BCUT2D eigenvalue weighted by atomic mass is 16.5. The van der Waals surface area contributed by atoms with Crippen molar-refractivity contribution >= 4 is 23.3 Å². The SMILES string of the molecule is COc1cccc(C(=O)COC(=O)c2ccc(OCC(=O)Nc3ccccc3OC)c(OC)c2)c1. The summed E-state index contributed by atoms with van der Waals surface area (Å²) >= 11 is 0. The molecule has 3 aromatic rings. The predicted molar refractivity (Wildman–Crippen MR) is 128 cm³/mol. The van der Waals surface area contributed by atoms with Gasteiger partial charge in [0.1, 0.15) is 11.5 Å². The zero-order valence-electron chi connectivity index (χ0n) is 19.5. The lowest BCUT2D eigenvalue weighted by molar-refractivity contribution is -0.118. The van der Waals surface area contributed by atoms with E-state index in [-0.39, 0.29) is 29.5 Å². The topological polar surface area (TPSA) is 109 Å². The van der Waals surface area contributed by atoms with Gasteiger partial charge in [-0.15, -0.1) is 0 Å². The van der Waals surface area contributed by atoms with Crippen molar-refractivity contribution in [2.24, 2.45) is 0 Å². The molecule has 0 radical (unpaired) electrons. The smallest absolute Gasteiger partial charge is 0.338 e. The Kier molecular flexibility index (Phi) is 8.66. The Balaban J connectivity index is 1.58. The Hall–Kier alpha value is -4.53. The predicted octanol–water partition coefficient (Wildman–Crippen LogP) is 3.77. The van der Waals surface area contributed by atoms with Crippen LogP contribution in [0.5, 0.6) is 23.0 Å². The summed E-state index contributed by atoms with van der Waals surface area (Å²) in [5.74, 6) is 0.0435. The van der Waals surface area contributed by atoms with E-state index in [0.29, 0.717) is 22.7 Å². The van der Waals surface area contributed by atoms with Crippen LogP contribution < -0.4 is 24.3 Å². The summed E-state index contributed by atoms with van der Waals surface area (Å²) in [5.41, 5.74) is 1.04. The van der Waals surface area contributed by atoms with E-state index in [0.717, 1.165) is 0 Å². The minimum absolute atomic E-state index is 0.158. The molecular formula is C26H25NO8. The average Bonchev–Trinajstić information content (AvgIpc) is 2.90. The maximum absolute atomic E-state index is 12.4. The largest absolute Gasteiger partial charge is 0.497 e. The van der Waals surface area contributed by atoms with Crippen molar-refractivity contribution in [1.82, 2.24) is 0 Å². The lowest BCUT2D eigenvalue weighted by atomic mass is 10.1. The molecule has 0 fully saturated rings. The number of esters is 1. The third-order valence-electron chi connectivity index (χ3n) is 4.87. The number of rotatable bonds is 11. The van der Waals surface area contributed by atoms with Crippen LogP contribution in [-0.4, -0.2) is 52.2 Å². The molecule has 0 saturated carbocycles. The number of carbonyl (C=O) groups is 3. The first-order chi connectivity index (χ1) is 16.9. The number of nitrogens with one attached hydrogen (secondary N) is 1. The third-order valence-corrected chi connectivity index (χ3v) is 4.87. The van der Waals surface area contributed by atoms with Gasteiger partial charge in [0.15, 0.2) is 30.5 Å². The van der Waals surface area contributed by atoms with Gasteiger partial charge in [0.2, 0.25) is 0 Å². The van der Waals surface area contributed by atoms with Gasteiger partial charge in [0.05, 0.1) is 32.6 Å². The number of benzene rings is 3. The number of para-hydroxylation sites is 2. The van der Waals surface area contributed by atoms with Gasteiger partial charge in [0, 0.05) is 5.56 Å². The molecule has 0 aliphatic rings. The molecule has 9 nitrogen and oxygen atoms in total. The van der Waals surface area contributed by atoms with Crippen LogP contribution in [-0.2, 0) is 9.53 Å². The van der Waals surface area contributed by atoms with E-state index in [4.69, 9.17) is 23.7 Å². The van der Waals surface area contributed by atoms with Crippen molar-refractivity contribution in [3.8, 4) is 23.0 Å². The number of hydrogen-bond donors (Lipinski definition) is 1. The first-order valence-corrected chi connectivity index (χ1v) is 10.5. The Morgan fingerprint density at radius 2 is 1.49 bits per heavy atom. The summed E-state index contributed by atoms with van der Waals surface area (Å²) in [6.07, 6.45) is 0. The second kappa shape index (κ2) is 12.1. The van der Waals surface area contributed by atoms with Crippen LogP contribution in [0.25, 0.3) is 0 Å². The highest BCUT2D eigenvalue weighted by molar-refractivity contribution is 5.99. The minimum atomic E-state index is -0.708. The molecule has 1 N–H and O–H groups in total. The van der Waals surface area contributed by atoms with E-state index >= 15 is 0 Å². The monoisotopic (exact) mass is 479 g/mol. The highest BCUT2D eigenvalue weighted by Gasteiger charge is 2.16. The molecule has 35 heavy (non-hydrogen) atoms. The summed E-state index contributed by atoms with van der Waals surface area (Å²) < 4.78 is 26.3. The van der Waals surface area contributed by atoms with Gasteiger partial charge >= 0.3 is 5.97 Å². The second-order valence-electron chi connectivity index (χ2n) is 7.13. The van der Waals surface area contributed by atoms with Crippen LogP contribution in [0.3, 0.4) is 0 Å². The van der Waals surface area contributed by atoms with E-state index in [1.807, 2.05) is 0 Å². The van der Waals surface area contributed by atoms with Crippen molar-refractivity contribution in [3.05, 3.63) is 77.9 Å². The molecule has 3 aromatic carbocycles. The first-order valence-electron chi connectivity index (χ1n) is 10.5. The van der Waals surface area contributed by atoms with Crippen molar-refractivity contribution in [2.45, 2.75) is 0 Å². The number of hydrogen-bond acceptors (Lipinski definition) is 8. The summed E-state index contributed by atoms with van der Waals surface area (Å²) in [4.78, 5) is 37.1.